The Bertz CT molecular complexity index is 500. The first-order chi connectivity index (χ1) is 8.33. The highest BCUT2D eigenvalue weighted by molar-refractivity contribution is 7.93. The van der Waals surface area contributed by atoms with Crippen LogP contribution >= 0.6 is 12.2 Å². The lowest BCUT2D eigenvalue weighted by Gasteiger charge is -2.17. The summed E-state index contributed by atoms with van der Waals surface area (Å²) in [4.78, 5) is -0.0191. The molecule has 0 heterocycles. The van der Waals surface area contributed by atoms with E-state index in [1.165, 1.54) is 6.92 Å². The first kappa shape index (κ1) is 15.1. The second-order valence-corrected chi connectivity index (χ2v) is 6.80. The fraction of sp³-hybridized carbons (Fsp3) is 0.417. The number of hydrogen-bond acceptors (Lipinski definition) is 3. The van der Waals surface area contributed by atoms with Gasteiger partial charge in [-0.25, -0.2) is 13.1 Å². The number of rotatable bonds is 6. The van der Waals surface area contributed by atoms with Crippen molar-refractivity contribution in [3.05, 3.63) is 35.9 Å². The first-order valence-corrected chi connectivity index (χ1v) is 7.63. The molecule has 1 aromatic carbocycles. The van der Waals surface area contributed by atoms with Crippen molar-refractivity contribution in [1.82, 2.24) is 4.72 Å². The van der Waals surface area contributed by atoms with Crippen molar-refractivity contribution in [3.63, 3.8) is 0 Å². The van der Waals surface area contributed by atoms with Crippen LogP contribution in [0.2, 0.25) is 0 Å². The summed E-state index contributed by atoms with van der Waals surface area (Å²) in [6.07, 6.45) is 0.629. The molecule has 0 aliphatic rings. The smallest absolute Gasteiger partial charge is 0.220 e. The minimum Gasteiger partial charge on any atom is -0.392 e. The minimum atomic E-state index is -3.50. The second-order valence-electron chi connectivity index (χ2n) is 4.30. The third-order valence-electron chi connectivity index (χ3n) is 2.62. The van der Waals surface area contributed by atoms with Gasteiger partial charge in [0, 0.05) is 6.04 Å². The van der Waals surface area contributed by atoms with Crippen LogP contribution in [0.1, 0.15) is 19.4 Å². The molecule has 6 heteroatoms. The summed E-state index contributed by atoms with van der Waals surface area (Å²) in [5.41, 5.74) is 6.44. The van der Waals surface area contributed by atoms with Gasteiger partial charge in [-0.05, 0) is 25.8 Å². The van der Waals surface area contributed by atoms with Crippen LogP contribution in [0.5, 0.6) is 0 Å². The van der Waals surface area contributed by atoms with E-state index in [0.29, 0.717) is 6.42 Å². The fourth-order valence-electron chi connectivity index (χ4n) is 1.54. The predicted octanol–water partition coefficient (Wildman–Crippen LogP) is 1.21. The normalized spacial score (nSPS) is 15.0. The molecule has 4 nitrogen and oxygen atoms in total. The molecule has 0 aromatic heterocycles. The van der Waals surface area contributed by atoms with E-state index >= 15 is 0 Å². The molecule has 0 amide bonds. The summed E-state index contributed by atoms with van der Waals surface area (Å²) < 4.78 is 26.4. The number of benzene rings is 1. The molecule has 100 valence electrons. The molecule has 1 rings (SSSR count). The van der Waals surface area contributed by atoms with Crippen LogP contribution in [0.15, 0.2) is 30.3 Å². The van der Waals surface area contributed by atoms with Gasteiger partial charge in [-0.2, -0.15) is 0 Å². The third-order valence-corrected chi connectivity index (χ3v) is 5.03. The standard InChI is InChI=1S/C12H18N2O2S2/c1-9(8-11-6-4-3-5-7-11)14-18(15,16)10(2)12(13)17/h3-7,9-10,14H,8H2,1-2H3,(H2,13,17). The van der Waals surface area contributed by atoms with E-state index in [1.54, 1.807) is 0 Å². The summed E-state index contributed by atoms with van der Waals surface area (Å²) >= 11 is 4.71. The molecule has 0 aliphatic carbocycles. The lowest BCUT2D eigenvalue weighted by atomic mass is 10.1. The summed E-state index contributed by atoms with van der Waals surface area (Å²) in [5.74, 6) is 0. The van der Waals surface area contributed by atoms with Crippen molar-refractivity contribution in [1.29, 1.82) is 0 Å². The molecule has 3 N–H and O–H groups in total. The number of sulfonamides is 1. The summed E-state index contributed by atoms with van der Waals surface area (Å²) in [5, 5.41) is -0.856. The summed E-state index contributed by atoms with van der Waals surface area (Å²) in [6.45, 7) is 3.30. The molecule has 0 bridgehead atoms. The van der Waals surface area contributed by atoms with Gasteiger partial charge in [0.2, 0.25) is 10.0 Å². The average molecular weight is 286 g/mol. The van der Waals surface area contributed by atoms with Gasteiger partial charge in [0.05, 0.1) is 4.99 Å². The average Bonchev–Trinajstić information content (AvgIpc) is 2.28. The van der Waals surface area contributed by atoms with E-state index in [2.05, 4.69) is 4.72 Å². The van der Waals surface area contributed by atoms with E-state index in [-0.39, 0.29) is 11.0 Å². The van der Waals surface area contributed by atoms with Crippen LogP contribution < -0.4 is 10.5 Å². The molecular weight excluding hydrogens is 268 g/mol. The van der Waals surface area contributed by atoms with E-state index < -0.39 is 15.3 Å². The van der Waals surface area contributed by atoms with E-state index in [4.69, 9.17) is 18.0 Å². The zero-order valence-electron chi connectivity index (χ0n) is 10.5. The van der Waals surface area contributed by atoms with Crippen LogP contribution in [0.3, 0.4) is 0 Å². The van der Waals surface area contributed by atoms with Crippen molar-refractivity contribution in [3.8, 4) is 0 Å². The number of thiocarbonyl (C=S) groups is 1. The third kappa shape index (κ3) is 4.36. The highest BCUT2D eigenvalue weighted by Gasteiger charge is 2.24. The lowest BCUT2D eigenvalue weighted by molar-refractivity contribution is 0.557. The molecule has 0 fully saturated rings. The molecular formula is C12H18N2O2S2. The van der Waals surface area contributed by atoms with Crippen LogP contribution in [0.4, 0.5) is 0 Å². The maximum Gasteiger partial charge on any atom is 0.220 e. The molecule has 1 aromatic rings. The SMILES string of the molecule is CC(Cc1ccccc1)NS(=O)(=O)C(C)C(N)=S. The quantitative estimate of drug-likeness (QED) is 0.771. The summed E-state index contributed by atoms with van der Waals surface area (Å²) in [7, 11) is -3.50. The van der Waals surface area contributed by atoms with Gasteiger partial charge < -0.3 is 5.73 Å². The van der Waals surface area contributed by atoms with Crippen molar-refractivity contribution < 1.29 is 8.42 Å². The highest BCUT2D eigenvalue weighted by Crippen LogP contribution is 2.06. The van der Waals surface area contributed by atoms with E-state index in [9.17, 15) is 8.42 Å². The van der Waals surface area contributed by atoms with Gasteiger partial charge in [0.1, 0.15) is 5.25 Å². The Hall–Kier alpha value is -0.980. The number of hydrogen-bond donors (Lipinski definition) is 2. The van der Waals surface area contributed by atoms with Crippen molar-refractivity contribution in [2.75, 3.05) is 0 Å². The zero-order valence-corrected chi connectivity index (χ0v) is 12.1. The fourth-order valence-corrected chi connectivity index (χ4v) is 3.08. The van der Waals surface area contributed by atoms with Crippen molar-refractivity contribution in [2.45, 2.75) is 31.6 Å². The Morgan fingerprint density at radius 3 is 2.39 bits per heavy atom. The van der Waals surface area contributed by atoms with Gasteiger partial charge in [-0.15, -0.1) is 0 Å². The lowest BCUT2D eigenvalue weighted by Crippen LogP contribution is -2.44. The molecule has 0 saturated carbocycles. The molecule has 0 radical (unpaired) electrons. The monoisotopic (exact) mass is 286 g/mol. The Labute approximate surface area is 114 Å². The molecule has 2 unspecified atom stereocenters. The summed E-state index contributed by atoms with van der Waals surface area (Å²) in [6, 6.07) is 9.49. The van der Waals surface area contributed by atoms with Crippen LogP contribution in [0.25, 0.3) is 0 Å². The Balaban J connectivity index is 2.65. The van der Waals surface area contributed by atoms with Gasteiger partial charge >= 0.3 is 0 Å². The topological polar surface area (TPSA) is 72.2 Å². The minimum absolute atomic E-state index is 0.0191. The highest BCUT2D eigenvalue weighted by atomic mass is 32.2. The van der Waals surface area contributed by atoms with Crippen LogP contribution in [-0.2, 0) is 16.4 Å². The largest absolute Gasteiger partial charge is 0.392 e. The van der Waals surface area contributed by atoms with Crippen LogP contribution in [-0.4, -0.2) is 24.7 Å². The molecule has 0 saturated heterocycles. The number of nitrogens with two attached hydrogens (primary N) is 1. The number of nitrogens with one attached hydrogen (secondary N) is 1. The molecule has 0 aliphatic heterocycles. The first-order valence-electron chi connectivity index (χ1n) is 5.67. The van der Waals surface area contributed by atoms with Crippen molar-refractivity contribution >= 4 is 27.2 Å². The zero-order chi connectivity index (χ0) is 13.8. The van der Waals surface area contributed by atoms with Gasteiger partial charge in [-0.3, -0.25) is 0 Å². The molecule has 18 heavy (non-hydrogen) atoms. The second kappa shape index (κ2) is 6.26. The van der Waals surface area contributed by atoms with E-state index in [0.717, 1.165) is 5.56 Å². The maximum atomic E-state index is 11.9. The maximum absolute atomic E-state index is 11.9. The predicted molar refractivity (Wildman–Crippen MR) is 77.9 cm³/mol. The van der Waals surface area contributed by atoms with Crippen molar-refractivity contribution in [2.24, 2.45) is 5.73 Å². The van der Waals surface area contributed by atoms with Gasteiger partial charge in [0.15, 0.2) is 0 Å². The molecule has 2 atom stereocenters. The van der Waals surface area contributed by atoms with Crippen LogP contribution in [0, 0.1) is 0 Å². The van der Waals surface area contributed by atoms with Gasteiger partial charge in [-0.1, -0.05) is 42.5 Å². The Morgan fingerprint density at radius 1 is 1.33 bits per heavy atom. The van der Waals surface area contributed by atoms with Gasteiger partial charge in [0.25, 0.3) is 0 Å². The Kier molecular flexibility index (Phi) is 5.25. The molecule has 0 spiro atoms. The Morgan fingerprint density at radius 2 is 1.89 bits per heavy atom. The van der Waals surface area contributed by atoms with E-state index in [1.807, 2.05) is 37.3 Å².